The summed E-state index contributed by atoms with van der Waals surface area (Å²) in [5.41, 5.74) is 1.93. The van der Waals surface area contributed by atoms with Crippen molar-refractivity contribution < 1.29 is 14.6 Å². The van der Waals surface area contributed by atoms with Crippen molar-refractivity contribution in [2.45, 2.75) is 19.4 Å². The highest BCUT2D eigenvalue weighted by atomic mass is 16.5. The van der Waals surface area contributed by atoms with E-state index in [4.69, 9.17) is 15.1 Å². The molecule has 1 aromatic carbocycles. The van der Waals surface area contributed by atoms with Gasteiger partial charge >= 0.3 is 6.09 Å². The first kappa shape index (κ1) is 15.6. The van der Waals surface area contributed by atoms with Crippen LogP contribution in [0.1, 0.15) is 18.4 Å². The third-order valence-corrected chi connectivity index (χ3v) is 3.33. The summed E-state index contributed by atoms with van der Waals surface area (Å²) in [6, 6.07) is 8.70. The third kappa shape index (κ3) is 4.98. The smallest absolute Gasteiger partial charge is 0.407 e. The Labute approximate surface area is 129 Å². The first-order valence-corrected chi connectivity index (χ1v) is 7.13. The number of hydrogen-bond donors (Lipinski definition) is 2. The zero-order valence-electron chi connectivity index (χ0n) is 12.2. The number of alkyl carbamates (subject to hydrolysis) is 1. The Bertz CT molecular complexity index is 612. The van der Waals surface area contributed by atoms with Crippen LogP contribution in [0.5, 0.6) is 5.75 Å². The normalized spacial score (nSPS) is 16.5. The minimum atomic E-state index is -0.469. The molecular formula is C17H18N2O3. The van der Waals surface area contributed by atoms with E-state index in [1.807, 2.05) is 18.2 Å². The third-order valence-electron chi connectivity index (χ3n) is 3.33. The predicted octanol–water partition coefficient (Wildman–Crippen LogP) is 3.03. The van der Waals surface area contributed by atoms with Gasteiger partial charge in [-0.3, -0.25) is 0 Å². The number of carbonyl (C=O) groups excluding carboxylic acids is 1. The Morgan fingerprint density at radius 3 is 2.82 bits per heavy atom. The molecule has 1 aromatic rings. The van der Waals surface area contributed by atoms with Crippen LogP contribution in [0.2, 0.25) is 0 Å². The van der Waals surface area contributed by atoms with Crippen LogP contribution < -0.4 is 5.32 Å². The van der Waals surface area contributed by atoms with Gasteiger partial charge in [0.15, 0.2) is 0 Å². The van der Waals surface area contributed by atoms with Crippen molar-refractivity contribution in [3.8, 4) is 11.8 Å². The molecule has 5 nitrogen and oxygen atoms in total. The van der Waals surface area contributed by atoms with E-state index in [0.29, 0.717) is 13.0 Å². The molecule has 2 rings (SSSR count). The number of nitriles is 1. The molecule has 114 valence electrons. The number of ether oxygens (including phenoxy) is 1. The number of nitrogens with zero attached hydrogens (tertiary/aromatic N) is 1. The zero-order chi connectivity index (χ0) is 15.8. The highest BCUT2D eigenvalue weighted by Gasteiger charge is 2.08. The van der Waals surface area contributed by atoms with Crippen molar-refractivity contribution in [2.75, 3.05) is 6.54 Å². The molecule has 1 atom stereocenters. The summed E-state index contributed by atoms with van der Waals surface area (Å²) in [5.74, 6) is 0.146. The second-order valence-corrected chi connectivity index (χ2v) is 5.03. The number of phenols is 1. The van der Waals surface area contributed by atoms with Gasteiger partial charge in [-0.1, -0.05) is 35.9 Å². The second-order valence-electron chi connectivity index (χ2n) is 5.03. The van der Waals surface area contributed by atoms with E-state index in [-0.39, 0.29) is 18.3 Å². The molecule has 0 saturated carbocycles. The molecule has 1 unspecified atom stereocenters. The van der Waals surface area contributed by atoms with Gasteiger partial charge in [0.1, 0.15) is 12.4 Å². The van der Waals surface area contributed by atoms with Crippen LogP contribution in [0.3, 0.4) is 0 Å². The number of phenolic OH excluding ortho intramolecular Hbond substituents is 1. The maximum absolute atomic E-state index is 11.6. The van der Waals surface area contributed by atoms with E-state index in [0.717, 1.165) is 17.6 Å². The molecule has 2 N–H and O–H groups in total. The molecule has 5 heteroatoms. The second kappa shape index (κ2) is 7.89. The number of amides is 1. The molecule has 0 fully saturated rings. The molecule has 0 aliphatic heterocycles. The highest BCUT2D eigenvalue weighted by molar-refractivity contribution is 5.67. The monoisotopic (exact) mass is 298 g/mol. The van der Waals surface area contributed by atoms with Gasteiger partial charge in [0.05, 0.1) is 12.0 Å². The van der Waals surface area contributed by atoms with Crippen molar-refractivity contribution in [3.63, 3.8) is 0 Å². The molecule has 1 aliphatic rings. The van der Waals surface area contributed by atoms with Gasteiger partial charge in [0.2, 0.25) is 0 Å². The van der Waals surface area contributed by atoms with Crippen molar-refractivity contribution in [2.24, 2.45) is 5.92 Å². The fraction of sp³-hybridized carbons (Fsp3) is 0.294. The maximum atomic E-state index is 11.6. The lowest BCUT2D eigenvalue weighted by atomic mass is 9.96. The van der Waals surface area contributed by atoms with Gasteiger partial charge in [-0.05, 0) is 30.5 Å². The lowest BCUT2D eigenvalue weighted by molar-refractivity contribution is 0.140. The van der Waals surface area contributed by atoms with Gasteiger partial charge in [-0.15, -0.1) is 0 Å². The van der Waals surface area contributed by atoms with E-state index in [2.05, 4.69) is 11.4 Å². The number of hydrogen-bond acceptors (Lipinski definition) is 4. The van der Waals surface area contributed by atoms with Crippen LogP contribution in [0.25, 0.3) is 0 Å². The summed E-state index contributed by atoms with van der Waals surface area (Å²) < 4.78 is 5.08. The van der Waals surface area contributed by atoms with E-state index >= 15 is 0 Å². The number of allylic oxidation sites excluding steroid dienone is 3. The van der Waals surface area contributed by atoms with Gasteiger partial charge in [-0.25, -0.2) is 4.79 Å². The minimum Gasteiger partial charge on any atom is -0.508 e. The number of carbonyl (C=O) groups is 1. The van der Waals surface area contributed by atoms with Gasteiger partial charge < -0.3 is 15.2 Å². The molecular weight excluding hydrogens is 280 g/mol. The van der Waals surface area contributed by atoms with Crippen LogP contribution in [-0.2, 0) is 11.3 Å². The Morgan fingerprint density at radius 2 is 2.18 bits per heavy atom. The van der Waals surface area contributed by atoms with E-state index in [9.17, 15) is 4.79 Å². The number of benzene rings is 1. The molecule has 22 heavy (non-hydrogen) atoms. The largest absolute Gasteiger partial charge is 0.508 e. The summed E-state index contributed by atoms with van der Waals surface area (Å²) in [5, 5.41) is 20.6. The summed E-state index contributed by atoms with van der Waals surface area (Å²) in [7, 11) is 0. The molecule has 0 aromatic heterocycles. The highest BCUT2D eigenvalue weighted by Crippen LogP contribution is 2.17. The molecule has 0 radical (unpaired) electrons. The number of nitrogens with one attached hydrogen (secondary N) is 1. The van der Waals surface area contributed by atoms with Crippen LogP contribution >= 0.6 is 0 Å². The minimum absolute atomic E-state index is 0.0352. The van der Waals surface area contributed by atoms with Crippen LogP contribution in [-0.4, -0.2) is 17.7 Å². The summed E-state index contributed by atoms with van der Waals surface area (Å²) in [6.07, 6.45) is 6.82. The average molecular weight is 298 g/mol. The summed E-state index contributed by atoms with van der Waals surface area (Å²) >= 11 is 0. The van der Waals surface area contributed by atoms with Gasteiger partial charge in [-0.2, -0.15) is 5.26 Å². The fourth-order valence-electron chi connectivity index (χ4n) is 2.05. The number of aromatic hydroxyl groups is 1. The van der Waals surface area contributed by atoms with Crippen LogP contribution in [0, 0.1) is 17.2 Å². The van der Waals surface area contributed by atoms with E-state index in [1.54, 1.807) is 24.3 Å². The Kier molecular flexibility index (Phi) is 5.61. The van der Waals surface area contributed by atoms with Crippen molar-refractivity contribution in [3.05, 3.63) is 53.6 Å². The topological polar surface area (TPSA) is 82.4 Å². The quantitative estimate of drug-likeness (QED) is 0.875. The molecule has 0 bridgehead atoms. The lowest BCUT2D eigenvalue weighted by Crippen LogP contribution is -2.25. The Balaban J connectivity index is 1.64. The predicted molar refractivity (Wildman–Crippen MR) is 81.9 cm³/mol. The van der Waals surface area contributed by atoms with Crippen molar-refractivity contribution in [1.29, 1.82) is 5.26 Å². The lowest BCUT2D eigenvalue weighted by Gasteiger charge is -2.11. The fourth-order valence-corrected chi connectivity index (χ4v) is 2.05. The Morgan fingerprint density at radius 1 is 1.41 bits per heavy atom. The first-order chi connectivity index (χ1) is 10.7. The summed E-state index contributed by atoms with van der Waals surface area (Å²) in [4.78, 5) is 11.6. The Hall–Kier alpha value is -2.74. The average Bonchev–Trinajstić information content (AvgIpc) is 2.55. The van der Waals surface area contributed by atoms with E-state index in [1.165, 1.54) is 0 Å². The zero-order valence-corrected chi connectivity index (χ0v) is 12.2. The van der Waals surface area contributed by atoms with Crippen LogP contribution in [0.4, 0.5) is 4.79 Å². The van der Waals surface area contributed by atoms with E-state index < -0.39 is 6.09 Å². The SMILES string of the molecule is N#CC1C=CC(CCNC(=O)OCc2ccc(O)cc2)=CC1. The van der Waals surface area contributed by atoms with Gasteiger partial charge in [0, 0.05) is 6.54 Å². The number of rotatable bonds is 5. The maximum Gasteiger partial charge on any atom is 0.407 e. The molecule has 0 spiro atoms. The molecule has 1 amide bonds. The summed E-state index contributed by atoms with van der Waals surface area (Å²) in [6.45, 7) is 0.653. The van der Waals surface area contributed by atoms with Crippen LogP contribution in [0.15, 0.2) is 48.1 Å². The first-order valence-electron chi connectivity index (χ1n) is 7.13. The molecule has 0 heterocycles. The molecule has 1 aliphatic carbocycles. The van der Waals surface area contributed by atoms with Crippen molar-refractivity contribution in [1.82, 2.24) is 5.32 Å². The standard InChI is InChI=1S/C17H18N2O3/c18-11-14-3-1-13(2-4-14)9-10-19-17(21)22-12-15-5-7-16(20)8-6-15/h1-3,5-8,14,20H,4,9-10,12H2,(H,19,21). The van der Waals surface area contributed by atoms with Crippen molar-refractivity contribution >= 4 is 6.09 Å². The molecule has 0 saturated heterocycles. The van der Waals surface area contributed by atoms with Gasteiger partial charge in [0.25, 0.3) is 0 Å².